The van der Waals surface area contributed by atoms with Crippen LogP contribution in [0.1, 0.15) is 113 Å². The van der Waals surface area contributed by atoms with Crippen molar-refractivity contribution in [1.82, 2.24) is 0 Å². The van der Waals surface area contributed by atoms with Gasteiger partial charge in [-0.2, -0.15) is 0 Å². The lowest BCUT2D eigenvalue weighted by atomic mass is 9.33. The molecule has 31 heteroatoms. The van der Waals surface area contributed by atoms with Gasteiger partial charge in [-0.3, -0.25) is 4.79 Å². The summed E-state index contributed by atoms with van der Waals surface area (Å²) in [6.07, 6.45) is -42.0. The van der Waals surface area contributed by atoms with Crippen LogP contribution in [0.2, 0.25) is 0 Å². The predicted molar refractivity (Wildman–Crippen MR) is 316 cm³/mol. The molecule has 0 spiro atoms. The molecule has 31 nitrogen and oxygen atoms in total. The van der Waals surface area contributed by atoms with Crippen LogP contribution >= 0.6 is 0 Å². The molecule has 0 amide bonds. The first-order valence-electron chi connectivity index (χ1n) is 33.6. The zero-order valence-electron chi connectivity index (χ0n) is 54.9. The summed E-state index contributed by atoms with van der Waals surface area (Å²) in [5.41, 5.74) is -2.53. The second kappa shape index (κ2) is 27.7. The molecule has 546 valence electrons. The fourth-order valence-electron chi connectivity index (χ4n) is 18.9. The fraction of sp³-hybridized carbons (Fsp3) is 0.953. The van der Waals surface area contributed by atoms with Crippen LogP contribution < -0.4 is 0 Å². The average molecular weight is 1370 g/mol. The van der Waals surface area contributed by atoms with Gasteiger partial charge in [-0.15, -0.1) is 0 Å². The summed E-state index contributed by atoms with van der Waals surface area (Å²) >= 11 is 0. The number of ether oxygens (including phenoxy) is 12. The van der Waals surface area contributed by atoms with Crippen molar-refractivity contribution >= 4 is 5.97 Å². The van der Waals surface area contributed by atoms with E-state index in [0.29, 0.717) is 44.9 Å². The summed E-state index contributed by atoms with van der Waals surface area (Å²) in [6, 6.07) is 0. The van der Waals surface area contributed by atoms with Crippen molar-refractivity contribution < 1.29 is 154 Å². The highest BCUT2D eigenvalue weighted by Gasteiger charge is 2.71. The highest BCUT2D eigenvalue weighted by atomic mass is 16.8. The average Bonchev–Trinajstić information content (AvgIpc) is 0.674. The van der Waals surface area contributed by atoms with Gasteiger partial charge in [0.15, 0.2) is 37.6 Å². The number of hydrogen-bond acceptors (Lipinski definition) is 31. The van der Waals surface area contributed by atoms with Crippen LogP contribution in [0.4, 0.5) is 0 Å². The lowest BCUT2D eigenvalue weighted by Gasteiger charge is -2.71. The molecule has 0 aromatic carbocycles. The van der Waals surface area contributed by atoms with E-state index in [4.69, 9.17) is 56.8 Å². The first-order valence-corrected chi connectivity index (χ1v) is 33.6. The molecule has 5 aliphatic carbocycles. The molecule has 11 rings (SSSR count). The normalized spacial score (nSPS) is 54.6. The smallest absolute Gasteiger partial charge is 0.315 e. The maximum Gasteiger partial charge on any atom is 0.315 e. The number of hydrogen-bond donors (Lipinski definition) is 18. The van der Waals surface area contributed by atoms with Crippen LogP contribution in [0.15, 0.2) is 11.6 Å². The van der Waals surface area contributed by atoms with Crippen molar-refractivity contribution in [3.8, 4) is 0 Å². The van der Waals surface area contributed by atoms with E-state index in [1.54, 1.807) is 0 Å². The molecule has 0 radical (unpaired) electrons. The first kappa shape index (κ1) is 74.2. The highest BCUT2D eigenvalue weighted by Crippen LogP contribution is 2.76. The van der Waals surface area contributed by atoms with E-state index in [1.807, 2.05) is 13.8 Å². The molecular weight excluding hydrogens is 1260 g/mol. The van der Waals surface area contributed by atoms with Gasteiger partial charge in [-0.25, -0.2) is 0 Å². The molecule has 10 fully saturated rings. The highest BCUT2D eigenvalue weighted by molar-refractivity contribution is 5.79. The van der Waals surface area contributed by atoms with Gasteiger partial charge < -0.3 is 149 Å². The zero-order valence-corrected chi connectivity index (χ0v) is 54.9. The SMILES string of the molecule is C[C@@H]1O[C@@H](OC(=O)[C@]23CCC(C)(C)C[C@@H]2C2=CC[C@@H]4[C@@]5(C)C[C@H](O)[C@H](O[C@@H]6OC[C@@H](O[C@@H]7O[C@H](CO)[C@@H](O)[C@H](O)[C@H]7O)[C@H](O)[C@H]6O[C@@H]6OC[C@@H](O)[C@H](O)[C@H]6O)C(C)(C)[C@@H]5CC[C@@]4(C)[C@]2(C)CC3)[C@H](O[C@@H]2O[C@H](CO[C@@H]3O[C@H](CO)[C@@H](O)[C@H](O)[C@H]3O)[C@@H](O)[C@H](O)[C@H]2O)[C@H](O)[C@H]1O. The Morgan fingerprint density at radius 2 is 1.05 bits per heavy atom. The van der Waals surface area contributed by atoms with Crippen molar-refractivity contribution in [1.29, 1.82) is 0 Å². The Bertz CT molecular complexity index is 2670. The minimum absolute atomic E-state index is 0.0249. The van der Waals surface area contributed by atoms with Gasteiger partial charge in [0.05, 0.1) is 56.8 Å². The molecule has 11 aliphatic rings. The molecule has 6 heterocycles. The minimum Gasteiger partial charge on any atom is -0.432 e. The van der Waals surface area contributed by atoms with E-state index < -0.39 is 250 Å². The molecule has 95 heavy (non-hydrogen) atoms. The largest absolute Gasteiger partial charge is 0.432 e. The van der Waals surface area contributed by atoms with Crippen molar-refractivity contribution in [3.63, 3.8) is 0 Å². The summed E-state index contributed by atoms with van der Waals surface area (Å²) in [5, 5.41) is 195. The third-order valence-corrected chi connectivity index (χ3v) is 24.8. The number of carbonyl (C=O) groups excluding carboxylic acids is 1. The Hall–Kier alpha value is -1.95. The molecule has 0 aromatic rings. The summed E-state index contributed by atoms with van der Waals surface area (Å²) < 4.78 is 71.9. The molecule has 0 aromatic heterocycles. The van der Waals surface area contributed by atoms with Gasteiger partial charge in [0.2, 0.25) is 6.29 Å². The monoisotopic (exact) mass is 1370 g/mol. The third kappa shape index (κ3) is 12.8. The van der Waals surface area contributed by atoms with Crippen molar-refractivity contribution in [2.75, 3.05) is 33.0 Å². The number of allylic oxidation sites excluding steroid dienone is 2. The van der Waals surface area contributed by atoms with E-state index in [0.717, 1.165) is 12.0 Å². The predicted octanol–water partition coefficient (Wildman–Crippen LogP) is -5.11. The number of esters is 1. The van der Waals surface area contributed by atoms with Crippen LogP contribution in [0, 0.1) is 50.2 Å². The van der Waals surface area contributed by atoms with Crippen LogP contribution in [-0.2, 0) is 61.6 Å². The van der Waals surface area contributed by atoms with Crippen molar-refractivity contribution in [3.05, 3.63) is 11.6 Å². The quantitative estimate of drug-likeness (QED) is 0.0414. The maximum atomic E-state index is 15.6. The first-order chi connectivity index (χ1) is 44.5. The van der Waals surface area contributed by atoms with E-state index >= 15 is 4.79 Å². The van der Waals surface area contributed by atoms with Gasteiger partial charge in [0.1, 0.15) is 122 Å². The van der Waals surface area contributed by atoms with Gasteiger partial charge in [0.25, 0.3) is 0 Å². The topological polar surface area (TPSA) is 492 Å². The summed E-state index contributed by atoms with van der Waals surface area (Å²) in [7, 11) is 0. The molecule has 6 saturated heterocycles. The number of fused-ring (bicyclic) bond motifs is 7. The molecule has 0 unspecified atom stereocenters. The van der Waals surface area contributed by atoms with Crippen LogP contribution in [0.5, 0.6) is 0 Å². The Morgan fingerprint density at radius 3 is 1.69 bits per heavy atom. The van der Waals surface area contributed by atoms with Gasteiger partial charge in [-0.1, -0.05) is 60.1 Å². The molecule has 6 aliphatic heterocycles. The van der Waals surface area contributed by atoms with Crippen LogP contribution in [-0.4, -0.2) is 315 Å². The number of aliphatic hydroxyl groups is 18. The Morgan fingerprint density at radius 1 is 0.505 bits per heavy atom. The van der Waals surface area contributed by atoms with E-state index in [1.165, 1.54) is 6.92 Å². The Labute approximate surface area is 550 Å². The minimum atomic E-state index is -2.01. The number of rotatable bonds is 15. The lowest BCUT2D eigenvalue weighted by Crippen LogP contribution is -2.68. The summed E-state index contributed by atoms with van der Waals surface area (Å²) in [6.45, 7) is 13.6. The number of aliphatic hydroxyl groups excluding tert-OH is 18. The molecule has 18 N–H and O–H groups in total. The van der Waals surface area contributed by atoms with Gasteiger partial charge in [-0.05, 0) is 110 Å². The van der Waals surface area contributed by atoms with Gasteiger partial charge >= 0.3 is 5.97 Å². The van der Waals surface area contributed by atoms with Crippen LogP contribution in [0.3, 0.4) is 0 Å². The third-order valence-electron chi connectivity index (χ3n) is 24.8. The molecule has 37 atom stereocenters. The standard InChI is InChI=1S/C64H104O31/c1-24-35(69)44(78)50(93-55-48(82)43(77)39(73)31(90-55)22-85-52-46(80)41(75)37(71)29(19-65)88-52)57(87-24)95-58(83)64-15-13-59(2,3)17-26(64)25-9-10-34-61(6)18-27(67)51(60(4,5)33(61)11-12-63(34,8)62(25,7)14-16-64)94-56-49(92-53-45(79)36(70)28(68)21-84-53)40(74)32(23-86-56)91-54-47(81)42(76)38(72)30(20-66)89-54/h9,24,26-57,65-82H,10-23H2,1-8H3/t24-,26+,27-,28+,29+,30+,31+,32+,33-,34+,35-,36-,37+,38+,39+,40-,41-,42-,43-,44+,45+,46+,47+,48+,49+,50+,51-,52+,53-,54-,55-,56-,57-,61-,62+,63+,64-/m0/s1. The van der Waals surface area contributed by atoms with Crippen molar-refractivity contribution in [2.24, 2.45) is 50.2 Å². The van der Waals surface area contributed by atoms with E-state index in [-0.39, 0.29) is 29.6 Å². The molecule has 0 bridgehead atoms. The van der Waals surface area contributed by atoms with E-state index in [9.17, 15) is 91.9 Å². The number of carbonyl (C=O) groups is 1. The van der Waals surface area contributed by atoms with Crippen molar-refractivity contribution in [2.45, 2.75) is 297 Å². The molecular formula is C64H104O31. The Kier molecular flexibility index (Phi) is 21.6. The lowest BCUT2D eigenvalue weighted by molar-refractivity contribution is -0.380. The Balaban J connectivity index is 0.815. The second-order valence-corrected chi connectivity index (χ2v) is 31.2. The van der Waals surface area contributed by atoms with E-state index in [2.05, 4.69) is 40.7 Å². The second-order valence-electron chi connectivity index (χ2n) is 31.2. The fourth-order valence-corrected chi connectivity index (χ4v) is 18.9. The summed E-state index contributed by atoms with van der Waals surface area (Å²) in [4.78, 5) is 15.6. The summed E-state index contributed by atoms with van der Waals surface area (Å²) in [5.74, 6) is -1.12. The zero-order chi connectivity index (χ0) is 69.3. The molecule has 4 saturated carbocycles. The van der Waals surface area contributed by atoms with Gasteiger partial charge in [0, 0.05) is 0 Å². The maximum absolute atomic E-state index is 15.6. The van der Waals surface area contributed by atoms with Crippen LogP contribution in [0.25, 0.3) is 0 Å².